The number of nitrogens with one attached hydrogen (secondary N) is 2. The second-order valence-electron chi connectivity index (χ2n) is 7.88. The number of hydrogen-bond acceptors (Lipinski definition) is 5. The van der Waals surface area contributed by atoms with Gasteiger partial charge >= 0.3 is 0 Å². The van der Waals surface area contributed by atoms with E-state index in [1.165, 1.54) is 23.3 Å². The maximum absolute atomic E-state index is 11.5. The molecule has 0 bridgehead atoms. The summed E-state index contributed by atoms with van der Waals surface area (Å²) in [7, 11) is 0. The predicted molar refractivity (Wildman–Crippen MR) is 109 cm³/mol. The average molecular weight is 384 g/mol. The van der Waals surface area contributed by atoms with Crippen LogP contribution >= 0.6 is 0 Å². The Bertz CT molecular complexity index is 846. The number of benzene rings is 2. The van der Waals surface area contributed by atoms with Gasteiger partial charge < -0.3 is 25.6 Å². The number of phenols is 1. The van der Waals surface area contributed by atoms with Gasteiger partial charge in [0.15, 0.2) is 6.61 Å². The molecule has 6 heteroatoms. The molecule has 1 aliphatic rings. The quantitative estimate of drug-likeness (QED) is 0.589. The van der Waals surface area contributed by atoms with Crippen LogP contribution in [0.3, 0.4) is 0 Å². The number of aliphatic hydroxyl groups excluding tert-OH is 1. The summed E-state index contributed by atoms with van der Waals surface area (Å²) in [4.78, 5) is 11.5. The summed E-state index contributed by atoms with van der Waals surface area (Å²) in [5, 5.41) is 26.7. The molecule has 150 valence electrons. The summed E-state index contributed by atoms with van der Waals surface area (Å²) in [6.07, 6.45) is 0.942. The van der Waals surface area contributed by atoms with Crippen molar-refractivity contribution in [2.45, 2.75) is 45.3 Å². The van der Waals surface area contributed by atoms with Crippen LogP contribution in [0.5, 0.6) is 11.5 Å². The van der Waals surface area contributed by atoms with Crippen LogP contribution in [-0.4, -0.2) is 34.8 Å². The van der Waals surface area contributed by atoms with Crippen LogP contribution in [0.1, 0.15) is 43.6 Å². The van der Waals surface area contributed by atoms with E-state index in [0.717, 1.165) is 12.8 Å². The van der Waals surface area contributed by atoms with Gasteiger partial charge in [-0.3, -0.25) is 4.79 Å². The van der Waals surface area contributed by atoms with Gasteiger partial charge in [0, 0.05) is 23.7 Å². The molecule has 0 fully saturated rings. The van der Waals surface area contributed by atoms with E-state index in [9.17, 15) is 15.0 Å². The van der Waals surface area contributed by atoms with Crippen LogP contribution in [-0.2, 0) is 17.6 Å². The molecule has 0 saturated heterocycles. The summed E-state index contributed by atoms with van der Waals surface area (Å²) in [6, 6.07) is 11.5. The average Bonchev–Trinajstić information content (AvgIpc) is 2.65. The second-order valence-corrected chi connectivity index (χ2v) is 7.88. The molecular weight excluding hydrogens is 356 g/mol. The van der Waals surface area contributed by atoms with Gasteiger partial charge in [-0.15, -0.1) is 0 Å². The number of aliphatic hydroxyl groups is 1. The molecule has 1 aliphatic heterocycles. The van der Waals surface area contributed by atoms with Crippen molar-refractivity contribution >= 4 is 11.6 Å². The van der Waals surface area contributed by atoms with Gasteiger partial charge in [0.25, 0.3) is 5.91 Å². The van der Waals surface area contributed by atoms with E-state index >= 15 is 0 Å². The lowest BCUT2D eigenvalue weighted by atomic mass is 9.93. The molecule has 3 rings (SSSR count). The molecule has 0 spiro atoms. The van der Waals surface area contributed by atoms with Gasteiger partial charge in [-0.2, -0.15) is 0 Å². The largest absolute Gasteiger partial charge is 0.508 e. The van der Waals surface area contributed by atoms with Crippen molar-refractivity contribution in [3.8, 4) is 11.5 Å². The minimum Gasteiger partial charge on any atom is -0.508 e. The van der Waals surface area contributed by atoms with Crippen LogP contribution < -0.4 is 15.4 Å². The Balaban J connectivity index is 1.67. The Kier molecular flexibility index (Phi) is 5.91. The van der Waals surface area contributed by atoms with Crippen molar-refractivity contribution in [2.75, 3.05) is 18.5 Å². The van der Waals surface area contributed by atoms with Crippen molar-refractivity contribution < 1.29 is 19.7 Å². The third-order valence-electron chi connectivity index (χ3n) is 4.93. The molecule has 2 aromatic rings. The smallest absolute Gasteiger partial charge is 0.262 e. The fraction of sp³-hybridized carbons (Fsp3) is 0.409. The molecular formula is C22H28N2O4. The zero-order chi connectivity index (χ0) is 20.3. The lowest BCUT2D eigenvalue weighted by molar-refractivity contribution is -0.118. The minimum absolute atomic E-state index is 0.0334. The van der Waals surface area contributed by atoms with Gasteiger partial charge in [0.2, 0.25) is 0 Å². The number of aromatic hydroxyl groups is 1. The first-order valence-corrected chi connectivity index (χ1v) is 9.58. The van der Waals surface area contributed by atoms with Crippen LogP contribution in [0.15, 0.2) is 36.4 Å². The molecule has 4 N–H and O–H groups in total. The molecule has 2 aromatic carbocycles. The number of aryl methyl sites for hydroxylation is 1. The van der Waals surface area contributed by atoms with Gasteiger partial charge in [-0.1, -0.05) is 31.2 Å². The highest BCUT2D eigenvalue weighted by Crippen LogP contribution is 2.38. The molecule has 1 atom stereocenters. The van der Waals surface area contributed by atoms with E-state index in [0.29, 0.717) is 17.0 Å². The standard InChI is InChI=1S/C22H28N2O4/c1-4-14-5-7-15(8-6-14)11-22(2,3)23-12-19(26)17-9-16(25)10-18-21(17)28-13-20(27)24-18/h5-10,19,23,25-26H,4,11-13H2,1-3H3,(H,24,27). The molecule has 0 aromatic heterocycles. The fourth-order valence-electron chi connectivity index (χ4n) is 3.41. The highest BCUT2D eigenvalue weighted by molar-refractivity contribution is 5.96. The maximum atomic E-state index is 11.5. The SMILES string of the molecule is CCc1ccc(CC(C)(C)NCC(O)c2cc(O)cc3c2OCC(=O)N3)cc1. The monoisotopic (exact) mass is 384 g/mol. The van der Waals surface area contributed by atoms with E-state index in [2.05, 4.69) is 55.7 Å². The molecule has 0 saturated carbocycles. The Morgan fingerprint density at radius 3 is 2.57 bits per heavy atom. The number of amides is 1. The fourth-order valence-corrected chi connectivity index (χ4v) is 3.41. The maximum Gasteiger partial charge on any atom is 0.262 e. The van der Waals surface area contributed by atoms with Crippen LogP contribution in [0.4, 0.5) is 5.69 Å². The van der Waals surface area contributed by atoms with E-state index in [4.69, 9.17) is 4.74 Å². The summed E-state index contributed by atoms with van der Waals surface area (Å²) in [5.41, 5.74) is 3.13. The van der Waals surface area contributed by atoms with Crippen molar-refractivity contribution in [1.29, 1.82) is 0 Å². The summed E-state index contributed by atoms with van der Waals surface area (Å²) in [5.74, 6) is 0.0837. The Morgan fingerprint density at radius 1 is 1.21 bits per heavy atom. The third-order valence-corrected chi connectivity index (χ3v) is 4.93. The lowest BCUT2D eigenvalue weighted by Gasteiger charge is -2.29. The molecule has 1 heterocycles. The van der Waals surface area contributed by atoms with Gasteiger partial charge in [0.1, 0.15) is 11.5 Å². The number of β-amino-alcohol motifs (C(OH)–C–C–N with tert-alkyl or cyclic N) is 1. The second kappa shape index (κ2) is 8.20. The minimum atomic E-state index is -0.891. The number of carbonyl (C=O) groups is 1. The summed E-state index contributed by atoms with van der Waals surface area (Å²) in [6.45, 7) is 6.48. The number of fused-ring (bicyclic) bond motifs is 1. The first-order valence-electron chi connectivity index (χ1n) is 9.58. The zero-order valence-electron chi connectivity index (χ0n) is 16.6. The third kappa shape index (κ3) is 4.82. The van der Waals surface area contributed by atoms with E-state index < -0.39 is 6.10 Å². The number of rotatable bonds is 7. The summed E-state index contributed by atoms with van der Waals surface area (Å²) < 4.78 is 5.48. The topological polar surface area (TPSA) is 90.8 Å². The number of carbonyl (C=O) groups excluding carboxylic acids is 1. The van der Waals surface area contributed by atoms with Crippen LogP contribution in [0, 0.1) is 0 Å². The highest BCUT2D eigenvalue weighted by Gasteiger charge is 2.26. The molecule has 0 radical (unpaired) electrons. The first kappa shape index (κ1) is 20.2. The Morgan fingerprint density at radius 2 is 1.89 bits per heavy atom. The lowest BCUT2D eigenvalue weighted by Crippen LogP contribution is -2.43. The first-order chi connectivity index (χ1) is 13.3. The van der Waals surface area contributed by atoms with E-state index in [-0.39, 0.29) is 30.3 Å². The normalized spacial score (nSPS) is 14.8. The number of ether oxygens (including phenoxy) is 1. The van der Waals surface area contributed by atoms with Gasteiger partial charge in [0.05, 0.1) is 11.8 Å². The molecule has 6 nitrogen and oxygen atoms in total. The molecule has 1 amide bonds. The Hall–Kier alpha value is -2.57. The molecule has 28 heavy (non-hydrogen) atoms. The van der Waals surface area contributed by atoms with Crippen molar-refractivity contribution in [3.63, 3.8) is 0 Å². The summed E-state index contributed by atoms with van der Waals surface area (Å²) >= 11 is 0. The van der Waals surface area contributed by atoms with Crippen molar-refractivity contribution in [1.82, 2.24) is 5.32 Å². The van der Waals surface area contributed by atoms with Crippen molar-refractivity contribution in [2.24, 2.45) is 0 Å². The predicted octanol–water partition coefficient (Wildman–Crippen LogP) is 2.93. The Labute approximate surface area is 165 Å². The van der Waals surface area contributed by atoms with Crippen LogP contribution in [0.2, 0.25) is 0 Å². The number of anilines is 1. The highest BCUT2D eigenvalue weighted by atomic mass is 16.5. The van der Waals surface area contributed by atoms with Gasteiger partial charge in [-0.05, 0) is 43.9 Å². The van der Waals surface area contributed by atoms with Crippen LogP contribution in [0.25, 0.3) is 0 Å². The molecule has 0 aliphatic carbocycles. The number of hydrogen-bond donors (Lipinski definition) is 4. The van der Waals surface area contributed by atoms with E-state index in [1.54, 1.807) is 0 Å². The van der Waals surface area contributed by atoms with E-state index in [1.807, 2.05) is 0 Å². The molecule has 1 unspecified atom stereocenters. The van der Waals surface area contributed by atoms with Gasteiger partial charge in [-0.25, -0.2) is 0 Å². The number of phenolic OH excluding ortho intramolecular Hbond substituents is 1. The van der Waals surface area contributed by atoms with Crippen molar-refractivity contribution in [3.05, 3.63) is 53.1 Å². The zero-order valence-corrected chi connectivity index (χ0v) is 16.6.